The molecule has 0 aliphatic heterocycles. The number of aromatic amines is 1. The Balaban J connectivity index is 1.99. The van der Waals surface area contributed by atoms with Crippen LogP contribution in [0.4, 0.5) is 0 Å². The quantitative estimate of drug-likeness (QED) is 0.414. The fourth-order valence-corrected chi connectivity index (χ4v) is 4.39. The molecule has 0 saturated carbocycles. The number of rotatable bonds is 6. The maximum Gasteiger partial charge on any atom is 0.136 e. The van der Waals surface area contributed by atoms with Crippen LogP contribution in [0.2, 0.25) is 0 Å². The molecule has 0 fully saturated rings. The van der Waals surface area contributed by atoms with Crippen LogP contribution in [-0.2, 0) is 6.42 Å². The number of hydrogen-bond donors (Lipinski definition) is 2. The number of H-pyrrole nitrogens is 1. The van der Waals surface area contributed by atoms with E-state index < -0.39 is 0 Å². The molecule has 3 nitrogen and oxygen atoms in total. The number of aromatic nitrogens is 1. The minimum Gasteiger partial charge on any atom is -0.495 e. The fourth-order valence-electron chi connectivity index (χ4n) is 4.39. The highest BCUT2D eigenvalue weighted by molar-refractivity contribution is 5.99. The van der Waals surface area contributed by atoms with Crippen molar-refractivity contribution in [3.63, 3.8) is 0 Å². The van der Waals surface area contributed by atoms with Crippen LogP contribution in [0, 0.1) is 13.8 Å². The van der Waals surface area contributed by atoms with Crippen LogP contribution in [0.1, 0.15) is 29.5 Å². The SMILES string of the molecule is COc1c(-c2[nH]c3cc(C)cc(C)c3c2CCCCN)ccc2ccccc12. The number of nitrogens with two attached hydrogens (primary N) is 1. The molecule has 4 rings (SSSR count). The van der Waals surface area contributed by atoms with Gasteiger partial charge in [0.05, 0.1) is 12.8 Å². The van der Waals surface area contributed by atoms with E-state index >= 15 is 0 Å². The van der Waals surface area contributed by atoms with Gasteiger partial charge >= 0.3 is 0 Å². The smallest absolute Gasteiger partial charge is 0.136 e. The predicted octanol–water partition coefficient (Wildman–Crippen LogP) is 5.89. The Kier molecular flexibility index (Phi) is 5.10. The zero-order valence-corrected chi connectivity index (χ0v) is 16.9. The molecular weight excluding hydrogens is 344 g/mol. The molecule has 0 aliphatic rings. The Morgan fingerprint density at radius 1 is 1.00 bits per heavy atom. The summed E-state index contributed by atoms with van der Waals surface area (Å²) in [6.45, 7) is 5.09. The summed E-state index contributed by atoms with van der Waals surface area (Å²) in [4.78, 5) is 3.72. The fraction of sp³-hybridized carbons (Fsp3) is 0.280. The summed E-state index contributed by atoms with van der Waals surface area (Å²) in [7, 11) is 1.76. The number of fused-ring (bicyclic) bond motifs is 2. The van der Waals surface area contributed by atoms with Gasteiger partial charge in [0.2, 0.25) is 0 Å². The van der Waals surface area contributed by atoms with Crippen molar-refractivity contribution < 1.29 is 4.74 Å². The lowest BCUT2D eigenvalue weighted by Crippen LogP contribution is -2.00. The molecule has 0 spiro atoms. The second-order valence-corrected chi connectivity index (χ2v) is 7.60. The van der Waals surface area contributed by atoms with Crippen LogP contribution in [-0.4, -0.2) is 18.6 Å². The third kappa shape index (κ3) is 3.16. The summed E-state index contributed by atoms with van der Waals surface area (Å²) in [6.07, 6.45) is 3.12. The lowest BCUT2D eigenvalue weighted by atomic mass is 9.95. The molecule has 4 aromatic rings. The molecule has 28 heavy (non-hydrogen) atoms. The van der Waals surface area contributed by atoms with Gasteiger partial charge in [-0.3, -0.25) is 0 Å². The normalized spacial score (nSPS) is 11.4. The van der Waals surface area contributed by atoms with Crippen molar-refractivity contribution in [2.45, 2.75) is 33.1 Å². The van der Waals surface area contributed by atoms with Gasteiger partial charge in [-0.25, -0.2) is 0 Å². The van der Waals surface area contributed by atoms with E-state index in [1.54, 1.807) is 7.11 Å². The van der Waals surface area contributed by atoms with Crippen LogP contribution >= 0.6 is 0 Å². The number of nitrogens with one attached hydrogen (secondary N) is 1. The van der Waals surface area contributed by atoms with Crippen LogP contribution in [0.3, 0.4) is 0 Å². The van der Waals surface area contributed by atoms with Crippen LogP contribution < -0.4 is 10.5 Å². The molecule has 3 N–H and O–H groups in total. The van der Waals surface area contributed by atoms with E-state index in [-0.39, 0.29) is 0 Å². The molecule has 0 atom stereocenters. The van der Waals surface area contributed by atoms with Crippen molar-refractivity contribution in [3.8, 4) is 17.0 Å². The van der Waals surface area contributed by atoms with E-state index in [0.717, 1.165) is 42.5 Å². The maximum atomic E-state index is 5.90. The zero-order valence-electron chi connectivity index (χ0n) is 16.9. The monoisotopic (exact) mass is 372 g/mol. The molecule has 1 aromatic heterocycles. The molecule has 1 heterocycles. The average molecular weight is 373 g/mol. The Bertz CT molecular complexity index is 1140. The summed E-state index contributed by atoms with van der Waals surface area (Å²) in [5, 5.41) is 3.67. The molecule has 0 aliphatic carbocycles. The van der Waals surface area contributed by atoms with Crippen molar-refractivity contribution in [1.82, 2.24) is 4.98 Å². The Morgan fingerprint density at radius 3 is 2.61 bits per heavy atom. The summed E-state index contributed by atoms with van der Waals surface area (Å²) >= 11 is 0. The molecule has 0 bridgehead atoms. The molecule has 0 saturated heterocycles. The van der Waals surface area contributed by atoms with E-state index in [0.29, 0.717) is 0 Å². The summed E-state index contributed by atoms with van der Waals surface area (Å²) in [5.41, 5.74) is 13.2. The third-order valence-electron chi connectivity index (χ3n) is 5.58. The maximum absolute atomic E-state index is 5.90. The zero-order chi connectivity index (χ0) is 19.7. The van der Waals surface area contributed by atoms with Gasteiger partial charge in [0.1, 0.15) is 5.75 Å². The van der Waals surface area contributed by atoms with E-state index in [2.05, 4.69) is 67.4 Å². The van der Waals surface area contributed by atoms with Crippen LogP contribution in [0.5, 0.6) is 5.75 Å². The highest BCUT2D eigenvalue weighted by Gasteiger charge is 2.19. The van der Waals surface area contributed by atoms with Gasteiger partial charge in [-0.2, -0.15) is 0 Å². The number of benzene rings is 3. The summed E-state index contributed by atoms with van der Waals surface area (Å²) in [5.74, 6) is 0.930. The highest BCUT2D eigenvalue weighted by atomic mass is 16.5. The predicted molar refractivity (Wildman–Crippen MR) is 119 cm³/mol. The first-order valence-corrected chi connectivity index (χ1v) is 10.0. The lowest BCUT2D eigenvalue weighted by Gasteiger charge is -2.13. The number of ether oxygens (including phenoxy) is 1. The number of aryl methyl sites for hydroxylation is 3. The van der Waals surface area contributed by atoms with Crippen molar-refractivity contribution in [3.05, 3.63) is 65.2 Å². The highest BCUT2D eigenvalue weighted by Crippen LogP contribution is 2.41. The van der Waals surface area contributed by atoms with E-state index in [1.807, 2.05) is 0 Å². The molecule has 0 unspecified atom stereocenters. The van der Waals surface area contributed by atoms with Gasteiger partial charge in [-0.05, 0) is 73.9 Å². The van der Waals surface area contributed by atoms with E-state index in [1.165, 1.54) is 38.7 Å². The average Bonchev–Trinajstić information content (AvgIpc) is 3.05. The van der Waals surface area contributed by atoms with Crippen LogP contribution in [0.15, 0.2) is 48.5 Å². The first-order valence-electron chi connectivity index (χ1n) is 10.0. The molecule has 0 radical (unpaired) electrons. The van der Waals surface area contributed by atoms with Crippen molar-refractivity contribution in [1.29, 1.82) is 0 Å². The third-order valence-corrected chi connectivity index (χ3v) is 5.58. The van der Waals surface area contributed by atoms with Crippen molar-refractivity contribution in [2.24, 2.45) is 5.73 Å². The number of unbranched alkanes of at least 4 members (excludes halogenated alkanes) is 1. The van der Waals surface area contributed by atoms with Crippen molar-refractivity contribution >= 4 is 21.7 Å². The van der Waals surface area contributed by atoms with Gasteiger partial charge in [-0.15, -0.1) is 0 Å². The Morgan fingerprint density at radius 2 is 1.82 bits per heavy atom. The van der Waals surface area contributed by atoms with Gasteiger partial charge in [0.15, 0.2) is 0 Å². The van der Waals surface area contributed by atoms with Gasteiger partial charge in [-0.1, -0.05) is 36.4 Å². The van der Waals surface area contributed by atoms with Gasteiger partial charge < -0.3 is 15.5 Å². The summed E-state index contributed by atoms with van der Waals surface area (Å²) in [6, 6.07) is 17.3. The largest absolute Gasteiger partial charge is 0.495 e. The molecule has 3 aromatic carbocycles. The topological polar surface area (TPSA) is 51.0 Å². The lowest BCUT2D eigenvalue weighted by molar-refractivity contribution is 0.421. The minimum absolute atomic E-state index is 0.731. The number of methoxy groups -OCH3 is 1. The second-order valence-electron chi connectivity index (χ2n) is 7.60. The molecule has 3 heteroatoms. The molecule has 0 amide bonds. The van der Waals surface area contributed by atoms with Gasteiger partial charge in [0, 0.05) is 21.9 Å². The van der Waals surface area contributed by atoms with E-state index in [9.17, 15) is 0 Å². The van der Waals surface area contributed by atoms with Gasteiger partial charge in [0.25, 0.3) is 0 Å². The Labute approximate surface area is 166 Å². The number of hydrogen-bond acceptors (Lipinski definition) is 2. The van der Waals surface area contributed by atoms with Crippen molar-refractivity contribution in [2.75, 3.05) is 13.7 Å². The minimum atomic E-state index is 0.731. The summed E-state index contributed by atoms with van der Waals surface area (Å²) < 4.78 is 5.90. The first kappa shape index (κ1) is 18.6. The van der Waals surface area contributed by atoms with E-state index in [4.69, 9.17) is 10.5 Å². The molecule has 144 valence electrons. The second kappa shape index (κ2) is 7.69. The first-order chi connectivity index (χ1) is 13.6. The van der Waals surface area contributed by atoms with Crippen LogP contribution in [0.25, 0.3) is 32.9 Å². The Hall–Kier alpha value is -2.78. The molecular formula is C25H28N2O. The standard InChI is InChI=1S/C25H28N2O/c1-16-14-17(2)23-20(10-6-7-13-26)24(27-22(23)15-16)21-12-11-18-8-4-5-9-19(18)25(21)28-3/h4-5,8-9,11-12,14-15,27H,6-7,10,13,26H2,1-3H3.